The lowest BCUT2D eigenvalue weighted by atomic mass is 10.1. The van der Waals surface area contributed by atoms with E-state index in [2.05, 4.69) is 4.72 Å². The van der Waals surface area contributed by atoms with Gasteiger partial charge in [0.05, 0.1) is 11.3 Å². The summed E-state index contributed by atoms with van der Waals surface area (Å²) in [4.78, 5) is 11.1. The fraction of sp³-hybridized carbons (Fsp3) is 0.0714. The highest BCUT2D eigenvalue weighted by Crippen LogP contribution is 2.19. The molecule has 2 rings (SSSR count). The third kappa shape index (κ3) is 4.21. The molecule has 0 spiro atoms. The van der Waals surface area contributed by atoms with E-state index in [0.717, 1.165) is 0 Å². The maximum absolute atomic E-state index is 12.1. The Morgan fingerprint density at radius 2 is 1.86 bits per heavy atom. The molecule has 0 aliphatic rings. The van der Waals surface area contributed by atoms with Gasteiger partial charge >= 0.3 is 5.97 Å². The first-order chi connectivity index (χ1) is 9.87. The van der Waals surface area contributed by atoms with Crippen molar-refractivity contribution >= 4 is 33.3 Å². The number of carboxylic acid groups (broad SMARTS) is 1. The number of rotatable bonds is 5. The van der Waals surface area contributed by atoms with Gasteiger partial charge in [-0.05, 0) is 29.8 Å². The molecule has 0 saturated heterocycles. The first-order valence-electron chi connectivity index (χ1n) is 5.95. The number of benzene rings is 2. The van der Waals surface area contributed by atoms with Crippen molar-refractivity contribution in [3.8, 4) is 0 Å². The number of halogens is 1. The number of aromatic carboxylic acids is 1. The summed E-state index contributed by atoms with van der Waals surface area (Å²) in [6, 6.07) is 12.3. The largest absolute Gasteiger partial charge is 0.478 e. The third-order valence-corrected chi connectivity index (χ3v) is 4.16. The molecule has 7 heteroatoms. The van der Waals surface area contributed by atoms with Crippen LogP contribution in [0.15, 0.2) is 48.5 Å². The summed E-state index contributed by atoms with van der Waals surface area (Å²) in [6.07, 6.45) is 0. The summed E-state index contributed by atoms with van der Waals surface area (Å²) >= 11 is 5.79. The second-order valence-corrected chi connectivity index (χ2v) is 6.49. The molecule has 0 amide bonds. The molecule has 0 heterocycles. The lowest BCUT2D eigenvalue weighted by Crippen LogP contribution is -2.17. The second-order valence-electron chi connectivity index (χ2n) is 4.33. The lowest BCUT2D eigenvalue weighted by molar-refractivity contribution is 0.0696. The van der Waals surface area contributed by atoms with Crippen molar-refractivity contribution in [2.75, 3.05) is 4.72 Å². The Balaban J connectivity index is 2.24. The molecule has 0 aromatic heterocycles. The molecular formula is C14H12ClNO4S. The van der Waals surface area contributed by atoms with E-state index in [1.165, 1.54) is 18.2 Å². The molecule has 0 atom stereocenters. The van der Waals surface area contributed by atoms with Crippen molar-refractivity contribution in [1.29, 1.82) is 0 Å². The van der Waals surface area contributed by atoms with Gasteiger partial charge in [0.25, 0.3) is 0 Å². The predicted octanol–water partition coefficient (Wildman–Crippen LogP) is 2.98. The molecular weight excluding hydrogens is 314 g/mol. The first-order valence-corrected chi connectivity index (χ1v) is 7.98. The molecule has 0 aliphatic heterocycles. The minimum Gasteiger partial charge on any atom is -0.478 e. The van der Waals surface area contributed by atoms with E-state index in [9.17, 15) is 13.2 Å². The fourth-order valence-corrected chi connectivity index (χ4v) is 3.24. The molecule has 0 saturated carbocycles. The van der Waals surface area contributed by atoms with Crippen LogP contribution in [0.4, 0.5) is 5.69 Å². The zero-order valence-electron chi connectivity index (χ0n) is 10.8. The van der Waals surface area contributed by atoms with Gasteiger partial charge in [0.15, 0.2) is 0 Å². The van der Waals surface area contributed by atoms with E-state index < -0.39 is 21.7 Å². The average molecular weight is 326 g/mol. The van der Waals surface area contributed by atoms with Gasteiger partial charge in [-0.25, -0.2) is 13.2 Å². The quantitative estimate of drug-likeness (QED) is 0.885. The van der Waals surface area contributed by atoms with Crippen molar-refractivity contribution in [3.05, 3.63) is 64.7 Å². The maximum atomic E-state index is 12.1. The van der Waals surface area contributed by atoms with Gasteiger partial charge < -0.3 is 5.11 Å². The summed E-state index contributed by atoms with van der Waals surface area (Å²) in [7, 11) is -3.73. The second kappa shape index (κ2) is 6.15. The highest BCUT2D eigenvalue weighted by atomic mass is 35.5. The van der Waals surface area contributed by atoms with Gasteiger partial charge in [0.1, 0.15) is 0 Å². The summed E-state index contributed by atoms with van der Waals surface area (Å²) in [6.45, 7) is 0. The number of hydrogen-bond acceptors (Lipinski definition) is 3. The molecule has 0 radical (unpaired) electrons. The number of carbonyl (C=O) groups is 1. The van der Waals surface area contributed by atoms with Crippen molar-refractivity contribution in [2.45, 2.75) is 5.75 Å². The monoisotopic (exact) mass is 325 g/mol. The Morgan fingerprint density at radius 3 is 2.52 bits per heavy atom. The van der Waals surface area contributed by atoms with Gasteiger partial charge in [0.2, 0.25) is 10.0 Å². The number of sulfonamides is 1. The van der Waals surface area contributed by atoms with Crippen LogP contribution in [0.5, 0.6) is 0 Å². The van der Waals surface area contributed by atoms with Crippen molar-refractivity contribution in [3.63, 3.8) is 0 Å². The Morgan fingerprint density at radius 1 is 1.14 bits per heavy atom. The number of nitrogens with one attached hydrogen (secondary N) is 1. The molecule has 110 valence electrons. The van der Waals surface area contributed by atoms with Gasteiger partial charge in [-0.2, -0.15) is 0 Å². The smallest absolute Gasteiger partial charge is 0.335 e. The molecule has 0 aliphatic carbocycles. The average Bonchev–Trinajstić information content (AvgIpc) is 2.37. The zero-order valence-corrected chi connectivity index (χ0v) is 12.4. The van der Waals surface area contributed by atoms with Gasteiger partial charge in [0, 0.05) is 10.7 Å². The van der Waals surface area contributed by atoms with Crippen molar-refractivity contribution in [2.24, 2.45) is 0 Å². The van der Waals surface area contributed by atoms with Crippen molar-refractivity contribution < 1.29 is 18.3 Å². The molecule has 2 N–H and O–H groups in total. The van der Waals surface area contributed by atoms with Crippen LogP contribution in [0.1, 0.15) is 15.9 Å². The lowest BCUT2D eigenvalue weighted by Gasteiger charge is -2.10. The van der Waals surface area contributed by atoms with Gasteiger partial charge in [-0.1, -0.05) is 35.9 Å². The van der Waals surface area contributed by atoms with E-state index in [-0.39, 0.29) is 11.1 Å². The Kier molecular flexibility index (Phi) is 4.50. The Labute approximate surface area is 127 Å². The fourth-order valence-electron chi connectivity index (χ4n) is 1.83. The molecule has 0 unspecified atom stereocenters. The summed E-state index contributed by atoms with van der Waals surface area (Å²) in [5, 5.41) is 9.46. The standard InChI is InChI=1S/C14H12ClNO4S/c15-11-5-3-6-12(8-11)16-21(19,20)9-10-4-1-2-7-13(10)14(17)18/h1-8,16H,9H2,(H,17,18). The number of anilines is 1. The van der Waals surface area contributed by atoms with Gasteiger partial charge in [-0.15, -0.1) is 0 Å². The molecule has 0 bridgehead atoms. The topological polar surface area (TPSA) is 83.5 Å². The number of hydrogen-bond donors (Lipinski definition) is 2. The molecule has 5 nitrogen and oxygen atoms in total. The van der Waals surface area contributed by atoms with E-state index in [4.69, 9.17) is 16.7 Å². The summed E-state index contributed by atoms with van der Waals surface area (Å²) in [5.74, 6) is -1.59. The highest BCUT2D eigenvalue weighted by Gasteiger charge is 2.17. The Bertz CT molecular complexity index is 774. The van der Waals surface area contributed by atoms with E-state index in [1.54, 1.807) is 30.3 Å². The van der Waals surface area contributed by atoms with Crippen molar-refractivity contribution in [1.82, 2.24) is 0 Å². The molecule has 2 aromatic rings. The first kappa shape index (κ1) is 15.3. The van der Waals surface area contributed by atoms with Crippen LogP contribution >= 0.6 is 11.6 Å². The zero-order chi connectivity index (χ0) is 15.5. The summed E-state index contributed by atoms with van der Waals surface area (Å²) < 4.78 is 26.6. The SMILES string of the molecule is O=C(O)c1ccccc1CS(=O)(=O)Nc1cccc(Cl)c1. The minimum atomic E-state index is -3.73. The van der Waals surface area contributed by atoms with Crippen LogP contribution in [0.25, 0.3) is 0 Å². The molecule has 0 fully saturated rings. The molecule has 21 heavy (non-hydrogen) atoms. The third-order valence-electron chi connectivity index (χ3n) is 2.69. The summed E-state index contributed by atoms with van der Waals surface area (Å²) in [5.41, 5.74) is 0.517. The normalized spacial score (nSPS) is 11.1. The maximum Gasteiger partial charge on any atom is 0.335 e. The van der Waals surface area contributed by atoms with Gasteiger partial charge in [-0.3, -0.25) is 4.72 Å². The number of carboxylic acids is 1. The van der Waals surface area contributed by atoms with Crippen LogP contribution < -0.4 is 4.72 Å². The van der Waals surface area contributed by atoms with Crippen LogP contribution in [-0.2, 0) is 15.8 Å². The minimum absolute atomic E-state index is 0.0334. The van der Waals surface area contributed by atoms with Crippen LogP contribution in [0.3, 0.4) is 0 Å². The van der Waals surface area contributed by atoms with Crippen LogP contribution in [0, 0.1) is 0 Å². The molecule has 2 aromatic carbocycles. The van der Waals surface area contributed by atoms with E-state index >= 15 is 0 Å². The van der Waals surface area contributed by atoms with Crippen LogP contribution in [0.2, 0.25) is 5.02 Å². The van der Waals surface area contributed by atoms with E-state index in [1.807, 2.05) is 0 Å². The predicted molar refractivity (Wildman–Crippen MR) is 81.1 cm³/mol. The van der Waals surface area contributed by atoms with Crippen LogP contribution in [-0.4, -0.2) is 19.5 Å². The Hall–Kier alpha value is -2.05. The highest BCUT2D eigenvalue weighted by molar-refractivity contribution is 7.91. The van der Waals surface area contributed by atoms with E-state index in [0.29, 0.717) is 10.7 Å².